The summed E-state index contributed by atoms with van der Waals surface area (Å²) >= 11 is 0. The molecule has 108 valence electrons. The maximum Gasteiger partial charge on any atom is 0.213 e. The van der Waals surface area contributed by atoms with Gasteiger partial charge < -0.3 is 14.3 Å². The summed E-state index contributed by atoms with van der Waals surface area (Å²) in [5, 5.41) is 0. The maximum absolute atomic E-state index is 5.93. The van der Waals surface area contributed by atoms with Gasteiger partial charge in [-0.1, -0.05) is 41.7 Å². The minimum atomic E-state index is 0.0627. The Kier molecular flexibility index (Phi) is 3.79. The minimum absolute atomic E-state index is 0.0627. The van der Waals surface area contributed by atoms with E-state index in [0.29, 0.717) is 5.82 Å². The van der Waals surface area contributed by atoms with E-state index in [0.717, 1.165) is 32.6 Å². The van der Waals surface area contributed by atoms with Gasteiger partial charge in [0.05, 0.1) is 19.3 Å². The van der Waals surface area contributed by atoms with Crippen molar-refractivity contribution < 1.29 is 9.47 Å². The summed E-state index contributed by atoms with van der Waals surface area (Å²) in [6.07, 6.45) is 1.14. The van der Waals surface area contributed by atoms with Crippen LogP contribution in [0.25, 0.3) is 0 Å². The second kappa shape index (κ2) is 5.76. The van der Waals surface area contributed by atoms with Crippen LogP contribution in [0.1, 0.15) is 16.9 Å². The molecule has 3 aliphatic heterocycles. The van der Waals surface area contributed by atoms with Gasteiger partial charge in [0.2, 0.25) is 7.41 Å². The van der Waals surface area contributed by atoms with E-state index in [1.54, 1.807) is 0 Å². The predicted molar refractivity (Wildman–Crippen MR) is 83.1 cm³/mol. The van der Waals surface area contributed by atoms with Crippen molar-refractivity contribution in [1.29, 1.82) is 0 Å². The molecule has 0 bridgehead atoms. The molecule has 6 heteroatoms. The normalized spacial score (nSPS) is 33.5. The molecule has 4 rings (SSSR count). The van der Waals surface area contributed by atoms with Crippen molar-refractivity contribution in [2.24, 2.45) is 0 Å². The highest BCUT2D eigenvalue weighted by Crippen LogP contribution is 2.30. The quantitative estimate of drug-likeness (QED) is 0.718. The van der Waals surface area contributed by atoms with Gasteiger partial charge in [0.15, 0.2) is 13.6 Å². The molecule has 0 saturated carbocycles. The lowest BCUT2D eigenvalue weighted by molar-refractivity contribution is -0.0848. The second-order valence-corrected chi connectivity index (χ2v) is 6.06. The van der Waals surface area contributed by atoms with Crippen molar-refractivity contribution in [2.45, 2.75) is 31.5 Å². The summed E-state index contributed by atoms with van der Waals surface area (Å²) in [6.45, 7) is 5.64. The molecule has 0 amide bonds. The topological polar surface area (TPSA) is 24.9 Å². The van der Waals surface area contributed by atoms with Gasteiger partial charge in [0.25, 0.3) is 0 Å². The first kappa shape index (κ1) is 13.8. The van der Waals surface area contributed by atoms with E-state index >= 15 is 0 Å². The van der Waals surface area contributed by atoms with E-state index in [1.807, 2.05) is 0 Å². The van der Waals surface area contributed by atoms with Gasteiger partial charge >= 0.3 is 0 Å². The molecule has 0 N–H and O–H groups in total. The Morgan fingerprint density at radius 3 is 2.76 bits per heavy atom. The Balaban J connectivity index is 1.58. The number of benzene rings is 1. The number of rotatable bonds is 1. The molecule has 3 fully saturated rings. The van der Waals surface area contributed by atoms with E-state index < -0.39 is 0 Å². The third-order valence-corrected chi connectivity index (χ3v) is 4.65. The number of ether oxygens (including phenoxy) is 2. The number of hydrogen-bond acceptors (Lipinski definition) is 4. The van der Waals surface area contributed by atoms with Crippen LogP contribution in [0.5, 0.6) is 0 Å². The van der Waals surface area contributed by atoms with Crippen LogP contribution in [-0.4, -0.2) is 63.2 Å². The number of fused-ring (bicyclic) bond motifs is 3. The zero-order valence-electron chi connectivity index (χ0n) is 12.4. The first-order chi connectivity index (χ1) is 10.3. The van der Waals surface area contributed by atoms with Crippen LogP contribution in [0.4, 0.5) is 0 Å². The van der Waals surface area contributed by atoms with Gasteiger partial charge in [-0.3, -0.25) is 0 Å². The number of hydrogen-bond donors (Lipinski definition) is 0. The van der Waals surface area contributed by atoms with Crippen LogP contribution in [0.3, 0.4) is 0 Å². The van der Waals surface area contributed by atoms with Crippen LogP contribution in [-0.2, 0) is 9.47 Å². The molecule has 21 heavy (non-hydrogen) atoms. The van der Waals surface area contributed by atoms with Gasteiger partial charge in [-0.05, 0) is 12.7 Å². The Morgan fingerprint density at radius 2 is 1.90 bits per heavy atom. The van der Waals surface area contributed by atoms with Crippen LogP contribution in [0, 0.1) is 6.92 Å². The van der Waals surface area contributed by atoms with E-state index in [4.69, 9.17) is 9.47 Å². The second-order valence-electron chi connectivity index (χ2n) is 6.06. The smallest absolute Gasteiger partial charge is 0.213 e. The van der Waals surface area contributed by atoms with Crippen LogP contribution in [0.2, 0.25) is 6.32 Å². The monoisotopic (exact) mass is 282 g/mol. The molecule has 0 spiro atoms. The van der Waals surface area contributed by atoms with Crippen LogP contribution < -0.4 is 0 Å². The van der Waals surface area contributed by atoms with E-state index in [2.05, 4.69) is 55.6 Å². The summed E-state index contributed by atoms with van der Waals surface area (Å²) in [5.41, 5.74) is 2.67. The standard InChI is InChI=1S/C15H20B2N2O2/c1-11-2-4-12(5-3-11)13-10-16-19-7-9-21-15(19)18-6-8-20-14(18)17-13/h2-5,13-15H,6-10H2,1H3. The molecule has 3 atom stereocenters. The fourth-order valence-corrected chi connectivity index (χ4v) is 3.43. The van der Waals surface area contributed by atoms with Gasteiger partial charge in [0, 0.05) is 13.1 Å². The fraction of sp³-hybridized carbons (Fsp3) is 0.600. The average Bonchev–Trinajstić information content (AvgIpc) is 3.10. The predicted octanol–water partition coefficient (Wildman–Crippen LogP) is 1.02. The zero-order chi connectivity index (χ0) is 14.2. The first-order valence-corrected chi connectivity index (χ1v) is 7.81. The van der Waals surface area contributed by atoms with Gasteiger partial charge in [-0.25, -0.2) is 4.90 Å². The van der Waals surface area contributed by atoms with E-state index in [1.165, 1.54) is 11.1 Å². The van der Waals surface area contributed by atoms with Crippen LogP contribution >= 0.6 is 0 Å². The summed E-state index contributed by atoms with van der Waals surface area (Å²) in [5.74, 6) is 0.401. The molecule has 1 aromatic carbocycles. The van der Waals surface area contributed by atoms with Crippen LogP contribution in [0.15, 0.2) is 24.3 Å². The zero-order valence-corrected chi connectivity index (χ0v) is 12.4. The van der Waals surface area contributed by atoms with Crippen molar-refractivity contribution in [1.82, 2.24) is 9.71 Å². The van der Waals surface area contributed by atoms with E-state index in [9.17, 15) is 0 Å². The summed E-state index contributed by atoms with van der Waals surface area (Å²) in [4.78, 5) is 4.65. The van der Waals surface area contributed by atoms with Gasteiger partial charge in [-0.2, -0.15) is 0 Å². The summed E-state index contributed by atoms with van der Waals surface area (Å²) < 4.78 is 11.8. The molecule has 2 radical (unpaired) electrons. The number of nitrogens with zero attached hydrogens (tertiary/aromatic N) is 2. The highest BCUT2D eigenvalue weighted by molar-refractivity contribution is 6.44. The number of aryl methyl sites for hydroxylation is 1. The molecular weight excluding hydrogens is 262 g/mol. The van der Waals surface area contributed by atoms with Crippen molar-refractivity contribution in [2.75, 3.05) is 26.3 Å². The Morgan fingerprint density at radius 1 is 1.10 bits per heavy atom. The molecule has 0 aromatic heterocycles. The minimum Gasteiger partial charge on any atom is -0.371 e. The Labute approximate surface area is 127 Å². The highest BCUT2D eigenvalue weighted by Gasteiger charge is 2.41. The molecule has 0 aliphatic carbocycles. The Hall–Kier alpha value is -0.810. The third-order valence-electron chi connectivity index (χ3n) is 4.65. The SMILES string of the molecule is Cc1ccc(C2[B]C3OCCN3C3OCCN3[B]C2)cc1. The molecule has 1 aromatic rings. The van der Waals surface area contributed by atoms with Crippen molar-refractivity contribution in [3.63, 3.8) is 0 Å². The molecule has 4 nitrogen and oxygen atoms in total. The van der Waals surface area contributed by atoms with Crippen molar-refractivity contribution in [3.8, 4) is 0 Å². The average molecular weight is 282 g/mol. The fourth-order valence-electron chi connectivity index (χ4n) is 3.43. The Bertz CT molecular complexity index is 499. The molecule has 3 heterocycles. The van der Waals surface area contributed by atoms with Crippen molar-refractivity contribution >= 4 is 14.7 Å². The third kappa shape index (κ3) is 2.66. The lowest BCUT2D eigenvalue weighted by atomic mass is 9.53. The lowest BCUT2D eigenvalue weighted by Crippen LogP contribution is -2.54. The van der Waals surface area contributed by atoms with E-state index in [-0.39, 0.29) is 12.5 Å². The van der Waals surface area contributed by atoms with Gasteiger partial charge in [-0.15, -0.1) is 0 Å². The largest absolute Gasteiger partial charge is 0.371 e. The molecule has 3 unspecified atom stereocenters. The summed E-state index contributed by atoms with van der Waals surface area (Å²) in [7, 11) is 4.65. The molecular formula is C15H20B2N2O2. The van der Waals surface area contributed by atoms with Gasteiger partial charge in [0.1, 0.15) is 0 Å². The highest BCUT2D eigenvalue weighted by atomic mass is 16.6. The molecule has 3 saturated heterocycles. The molecule has 3 aliphatic rings. The lowest BCUT2D eigenvalue weighted by Gasteiger charge is -2.38. The van der Waals surface area contributed by atoms with Crippen molar-refractivity contribution in [3.05, 3.63) is 35.4 Å². The first-order valence-electron chi connectivity index (χ1n) is 7.81. The summed E-state index contributed by atoms with van der Waals surface area (Å²) in [6, 6.07) is 8.86. The maximum atomic E-state index is 5.93.